The van der Waals surface area contributed by atoms with Gasteiger partial charge in [0.1, 0.15) is 5.37 Å². The van der Waals surface area contributed by atoms with Crippen LogP contribution in [-0.2, 0) is 4.79 Å². The Labute approximate surface area is 128 Å². The van der Waals surface area contributed by atoms with Gasteiger partial charge in [0.15, 0.2) is 0 Å². The summed E-state index contributed by atoms with van der Waals surface area (Å²) in [6.45, 7) is 8.17. The zero-order valence-corrected chi connectivity index (χ0v) is 13.4. The SMILES string of the molecule is C[C@@H]1S[C@H](c2cccs2)N(CCN2CCNCC2)C1=O. The molecule has 0 aliphatic carbocycles. The van der Waals surface area contributed by atoms with Crippen molar-refractivity contribution in [1.82, 2.24) is 15.1 Å². The van der Waals surface area contributed by atoms with Gasteiger partial charge in [-0.15, -0.1) is 23.1 Å². The summed E-state index contributed by atoms with van der Waals surface area (Å²) in [5.41, 5.74) is 0. The van der Waals surface area contributed by atoms with E-state index in [9.17, 15) is 4.79 Å². The van der Waals surface area contributed by atoms with Gasteiger partial charge >= 0.3 is 0 Å². The van der Waals surface area contributed by atoms with Crippen LogP contribution in [0.1, 0.15) is 17.2 Å². The first kappa shape index (κ1) is 14.4. The first-order chi connectivity index (χ1) is 9.75. The standard InChI is InChI=1S/C14H21N3OS2/c1-11-13(18)17(9-8-16-6-4-15-5-7-16)14(20-11)12-3-2-10-19-12/h2-3,10-11,14-15H,4-9H2,1H3/t11-,14+/m0/s1. The lowest BCUT2D eigenvalue weighted by molar-refractivity contribution is -0.130. The highest BCUT2D eigenvalue weighted by Crippen LogP contribution is 2.44. The van der Waals surface area contributed by atoms with Crippen LogP contribution >= 0.6 is 23.1 Å². The second-order valence-corrected chi connectivity index (χ2v) is 7.67. The van der Waals surface area contributed by atoms with Crippen LogP contribution in [-0.4, -0.2) is 60.2 Å². The average molecular weight is 311 g/mol. The Morgan fingerprint density at radius 3 is 2.85 bits per heavy atom. The van der Waals surface area contributed by atoms with Crippen LogP contribution < -0.4 is 5.32 Å². The lowest BCUT2D eigenvalue weighted by Crippen LogP contribution is -2.46. The van der Waals surface area contributed by atoms with E-state index in [0.717, 1.165) is 39.3 Å². The molecule has 2 aliphatic rings. The molecule has 1 aromatic rings. The molecule has 6 heteroatoms. The maximum Gasteiger partial charge on any atom is 0.236 e. The zero-order chi connectivity index (χ0) is 13.9. The minimum absolute atomic E-state index is 0.0881. The number of carbonyl (C=O) groups excluding carboxylic acids is 1. The van der Waals surface area contributed by atoms with E-state index < -0.39 is 0 Å². The molecule has 20 heavy (non-hydrogen) atoms. The molecule has 0 spiro atoms. The van der Waals surface area contributed by atoms with Crippen molar-refractivity contribution in [3.63, 3.8) is 0 Å². The molecule has 1 aromatic heterocycles. The Morgan fingerprint density at radius 2 is 2.15 bits per heavy atom. The van der Waals surface area contributed by atoms with Gasteiger partial charge in [0.25, 0.3) is 0 Å². The first-order valence-electron chi connectivity index (χ1n) is 7.18. The third kappa shape index (κ3) is 3.03. The van der Waals surface area contributed by atoms with E-state index in [1.165, 1.54) is 4.88 Å². The number of nitrogens with one attached hydrogen (secondary N) is 1. The minimum Gasteiger partial charge on any atom is -0.323 e. The van der Waals surface area contributed by atoms with Crippen molar-refractivity contribution >= 4 is 29.0 Å². The van der Waals surface area contributed by atoms with E-state index in [0.29, 0.717) is 5.91 Å². The summed E-state index contributed by atoms with van der Waals surface area (Å²) < 4.78 is 0. The van der Waals surface area contributed by atoms with Crippen molar-refractivity contribution in [1.29, 1.82) is 0 Å². The number of piperazine rings is 1. The number of rotatable bonds is 4. The molecule has 0 saturated carbocycles. The predicted molar refractivity (Wildman–Crippen MR) is 85.1 cm³/mol. The van der Waals surface area contributed by atoms with Crippen molar-refractivity contribution in [3.8, 4) is 0 Å². The molecule has 1 N–H and O–H groups in total. The Kier molecular flexibility index (Phi) is 4.65. The average Bonchev–Trinajstić information content (AvgIpc) is 3.08. The second-order valence-electron chi connectivity index (χ2n) is 5.27. The van der Waals surface area contributed by atoms with Crippen LogP contribution in [0.15, 0.2) is 17.5 Å². The summed E-state index contributed by atoms with van der Waals surface area (Å²) in [5, 5.41) is 5.77. The smallest absolute Gasteiger partial charge is 0.236 e. The molecule has 0 bridgehead atoms. The van der Waals surface area contributed by atoms with E-state index in [2.05, 4.69) is 32.6 Å². The van der Waals surface area contributed by atoms with Crippen LogP contribution in [0.4, 0.5) is 0 Å². The van der Waals surface area contributed by atoms with Gasteiger partial charge in [-0.3, -0.25) is 9.69 Å². The molecule has 3 heterocycles. The van der Waals surface area contributed by atoms with Crippen LogP contribution in [0.3, 0.4) is 0 Å². The summed E-state index contributed by atoms with van der Waals surface area (Å²) >= 11 is 3.53. The Balaban J connectivity index is 1.63. The van der Waals surface area contributed by atoms with Gasteiger partial charge in [0, 0.05) is 44.1 Å². The van der Waals surface area contributed by atoms with E-state index in [-0.39, 0.29) is 10.6 Å². The van der Waals surface area contributed by atoms with Gasteiger partial charge in [-0.25, -0.2) is 0 Å². The highest BCUT2D eigenvalue weighted by Gasteiger charge is 2.38. The van der Waals surface area contributed by atoms with E-state index >= 15 is 0 Å². The quantitative estimate of drug-likeness (QED) is 0.916. The van der Waals surface area contributed by atoms with Crippen LogP contribution in [0.25, 0.3) is 0 Å². The fraction of sp³-hybridized carbons (Fsp3) is 0.643. The van der Waals surface area contributed by atoms with Crippen LogP contribution in [0, 0.1) is 0 Å². The topological polar surface area (TPSA) is 35.6 Å². The summed E-state index contributed by atoms with van der Waals surface area (Å²) in [6, 6.07) is 4.22. The minimum atomic E-state index is 0.0881. The Hall–Kier alpha value is -0.560. The maximum absolute atomic E-state index is 12.4. The number of thiophene rings is 1. The molecule has 0 radical (unpaired) electrons. The summed E-state index contributed by atoms with van der Waals surface area (Å²) in [7, 11) is 0. The number of hydrogen-bond acceptors (Lipinski definition) is 5. The van der Waals surface area contributed by atoms with E-state index in [1.54, 1.807) is 23.1 Å². The number of nitrogens with zero attached hydrogens (tertiary/aromatic N) is 2. The van der Waals surface area contributed by atoms with Crippen LogP contribution in [0.5, 0.6) is 0 Å². The highest BCUT2D eigenvalue weighted by molar-refractivity contribution is 8.01. The monoisotopic (exact) mass is 311 g/mol. The molecule has 2 atom stereocenters. The molecule has 2 saturated heterocycles. The largest absolute Gasteiger partial charge is 0.323 e. The summed E-state index contributed by atoms with van der Waals surface area (Å²) in [4.78, 5) is 18.2. The van der Waals surface area contributed by atoms with E-state index in [4.69, 9.17) is 0 Å². The van der Waals surface area contributed by atoms with Gasteiger partial charge in [0.2, 0.25) is 5.91 Å². The second kappa shape index (κ2) is 6.47. The molecule has 2 aliphatic heterocycles. The molecule has 4 nitrogen and oxygen atoms in total. The molecular weight excluding hydrogens is 290 g/mol. The normalized spacial score (nSPS) is 28.2. The lowest BCUT2D eigenvalue weighted by atomic mass is 10.3. The van der Waals surface area contributed by atoms with Gasteiger partial charge in [-0.05, 0) is 18.4 Å². The highest BCUT2D eigenvalue weighted by atomic mass is 32.2. The molecule has 0 unspecified atom stereocenters. The lowest BCUT2D eigenvalue weighted by Gasteiger charge is -2.30. The third-order valence-electron chi connectivity index (χ3n) is 3.90. The fourth-order valence-corrected chi connectivity index (χ4v) is 4.99. The molecule has 1 amide bonds. The predicted octanol–water partition coefficient (Wildman–Crippen LogP) is 1.62. The molecule has 0 aromatic carbocycles. The van der Waals surface area contributed by atoms with Gasteiger partial charge in [0.05, 0.1) is 5.25 Å². The first-order valence-corrected chi connectivity index (χ1v) is 9.00. The molecule has 110 valence electrons. The molecular formula is C14H21N3OS2. The van der Waals surface area contributed by atoms with Crippen molar-refractivity contribution in [2.45, 2.75) is 17.5 Å². The zero-order valence-electron chi connectivity index (χ0n) is 11.7. The van der Waals surface area contributed by atoms with Crippen molar-refractivity contribution in [3.05, 3.63) is 22.4 Å². The third-order valence-corrected chi connectivity index (χ3v) is 6.35. The maximum atomic E-state index is 12.4. The van der Waals surface area contributed by atoms with Crippen molar-refractivity contribution in [2.75, 3.05) is 39.3 Å². The van der Waals surface area contributed by atoms with Crippen molar-refractivity contribution < 1.29 is 4.79 Å². The van der Waals surface area contributed by atoms with Gasteiger partial charge in [-0.2, -0.15) is 0 Å². The van der Waals surface area contributed by atoms with Crippen molar-refractivity contribution in [2.24, 2.45) is 0 Å². The van der Waals surface area contributed by atoms with Crippen LogP contribution in [0.2, 0.25) is 0 Å². The number of amides is 1. The molecule has 2 fully saturated rings. The Bertz CT molecular complexity index is 445. The number of thioether (sulfide) groups is 1. The van der Waals surface area contributed by atoms with E-state index in [1.807, 2.05) is 6.92 Å². The summed E-state index contributed by atoms with van der Waals surface area (Å²) in [5.74, 6) is 0.295. The fourth-order valence-electron chi connectivity index (χ4n) is 2.74. The number of carbonyl (C=O) groups is 1. The number of hydrogen-bond donors (Lipinski definition) is 1. The molecule has 3 rings (SSSR count). The van der Waals surface area contributed by atoms with Gasteiger partial charge < -0.3 is 10.2 Å². The van der Waals surface area contributed by atoms with Gasteiger partial charge in [-0.1, -0.05) is 6.07 Å². The Morgan fingerprint density at radius 1 is 1.35 bits per heavy atom. The summed E-state index contributed by atoms with van der Waals surface area (Å²) in [6.07, 6.45) is 0.